The van der Waals surface area contributed by atoms with Crippen molar-refractivity contribution in [1.29, 1.82) is 0 Å². The molecule has 22 heavy (non-hydrogen) atoms. The molecule has 4 nitrogen and oxygen atoms in total. The van der Waals surface area contributed by atoms with Crippen molar-refractivity contribution in [1.82, 2.24) is 0 Å². The van der Waals surface area contributed by atoms with Crippen molar-refractivity contribution in [2.24, 2.45) is 5.73 Å². The molecular weight excluding hydrogens is 276 g/mol. The molecule has 0 saturated heterocycles. The number of hydrogen-bond donors (Lipinski definition) is 2. The van der Waals surface area contributed by atoms with Gasteiger partial charge in [-0.3, -0.25) is 5.32 Å². The molecule has 0 atom stereocenters. The molecule has 0 heterocycles. The van der Waals surface area contributed by atoms with Gasteiger partial charge in [-0.1, -0.05) is 12.1 Å². The zero-order valence-electron chi connectivity index (χ0n) is 14.0. The molecular formula is C18H26N2O2. The van der Waals surface area contributed by atoms with Gasteiger partial charge in [-0.15, -0.1) is 0 Å². The summed E-state index contributed by atoms with van der Waals surface area (Å²) < 4.78 is 5.30. The minimum Gasteiger partial charge on any atom is -0.444 e. The zero-order chi connectivity index (χ0) is 16.2. The van der Waals surface area contributed by atoms with Gasteiger partial charge in [0, 0.05) is 16.6 Å². The van der Waals surface area contributed by atoms with Gasteiger partial charge in [-0.25, -0.2) is 4.79 Å². The molecule has 3 N–H and O–H groups in total. The Morgan fingerprint density at radius 2 is 1.86 bits per heavy atom. The number of ether oxygens (including phenoxy) is 1. The van der Waals surface area contributed by atoms with Crippen molar-refractivity contribution in [3.8, 4) is 0 Å². The van der Waals surface area contributed by atoms with E-state index >= 15 is 0 Å². The van der Waals surface area contributed by atoms with Crippen molar-refractivity contribution in [3.63, 3.8) is 0 Å². The average Bonchev–Trinajstić information content (AvgIpc) is 3.25. The van der Waals surface area contributed by atoms with E-state index in [2.05, 4.69) is 17.4 Å². The fourth-order valence-electron chi connectivity index (χ4n) is 3.33. The standard InChI is InChI=1S/C18H26N2O2/c1-12-11-13(17(7-8-17)18(19)9-10-18)5-6-14(12)20-15(21)22-16(2,3)4/h5-6,11H,7-10,19H2,1-4H3,(H,20,21). The Morgan fingerprint density at radius 1 is 1.23 bits per heavy atom. The van der Waals surface area contributed by atoms with Gasteiger partial charge in [0.1, 0.15) is 5.60 Å². The highest BCUT2D eigenvalue weighted by atomic mass is 16.6. The number of rotatable bonds is 3. The molecule has 2 aliphatic carbocycles. The van der Waals surface area contributed by atoms with Gasteiger partial charge >= 0.3 is 6.09 Å². The van der Waals surface area contributed by atoms with Crippen LogP contribution in [0.25, 0.3) is 0 Å². The van der Waals surface area contributed by atoms with E-state index in [0.717, 1.165) is 24.1 Å². The van der Waals surface area contributed by atoms with Gasteiger partial charge in [0.2, 0.25) is 0 Å². The fraction of sp³-hybridized carbons (Fsp3) is 0.611. The summed E-state index contributed by atoms with van der Waals surface area (Å²) in [5, 5.41) is 2.83. The van der Waals surface area contributed by atoms with E-state index < -0.39 is 11.7 Å². The number of carbonyl (C=O) groups is 1. The topological polar surface area (TPSA) is 64.3 Å². The van der Waals surface area contributed by atoms with Gasteiger partial charge in [-0.05, 0) is 70.6 Å². The van der Waals surface area contributed by atoms with Crippen LogP contribution in [0.1, 0.15) is 57.6 Å². The SMILES string of the molecule is Cc1cc(C2(C3(N)CC3)CC2)ccc1NC(=O)OC(C)(C)C. The van der Waals surface area contributed by atoms with Crippen LogP contribution in [0.5, 0.6) is 0 Å². The summed E-state index contributed by atoms with van der Waals surface area (Å²) in [4.78, 5) is 11.9. The second kappa shape index (κ2) is 4.72. The minimum absolute atomic E-state index is 0.0134. The van der Waals surface area contributed by atoms with Crippen LogP contribution in [-0.4, -0.2) is 17.2 Å². The van der Waals surface area contributed by atoms with Gasteiger partial charge < -0.3 is 10.5 Å². The number of aryl methyl sites for hydroxylation is 1. The molecule has 0 bridgehead atoms. The summed E-state index contributed by atoms with van der Waals surface area (Å²) in [7, 11) is 0. The predicted molar refractivity (Wildman–Crippen MR) is 88.1 cm³/mol. The molecule has 0 radical (unpaired) electrons. The first-order chi connectivity index (χ1) is 10.2. The average molecular weight is 302 g/mol. The van der Waals surface area contributed by atoms with Crippen LogP contribution >= 0.6 is 0 Å². The third-order valence-electron chi connectivity index (χ3n) is 4.91. The van der Waals surface area contributed by atoms with Crippen LogP contribution in [0, 0.1) is 6.92 Å². The number of nitrogens with one attached hydrogen (secondary N) is 1. The molecule has 1 aromatic carbocycles. The second-order valence-electron chi connectivity index (χ2n) is 7.89. The van der Waals surface area contributed by atoms with Crippen molar-refractivity contribution < 1.29 is 9.53 Å². The third-order valence-corrected chi connectivity index (χ3v) is 4.91. The minimum atomic E-state index is -0.492. The number of nitrogens with two attached hydrogens (primary N) is 1. The van der Waals surface area contributed by atoms with Crippen LogP contribution in [-0.2, 0) is 10.2 Å². The quantitative estimate of drug-likeness (QED) is 0.891. The summed E-state index contributed by atoms with van der Waals surface area (Å²) >= 11 is 0. The Morgan fingerprint density at radius 3 is 2.32 bits per heavy atom. The van der Waals surface area contributed by atoms with Gasteiger partial charge in [0.15, 0.2) is 0 Å². The molecule has 0 spiro atoms. The van der Waals surface area contributed by atoms with E-state index in [9.17, 15) is 4.79 Å². The number of benzene rings is 1. The molecule has 2 fully saturated rings. The maximum absolute atomic E-state index is 11.9. The number of carbonyl (C=O) groups excluding carboxylic acids is 1. The largest absolute Gasteiger partial charge is 0.444 e. The summed E-state index contributed by atoms with van der Waals surface area (Å²) in [6.07, 6.45) is 4.21. The molecule has 4 heteroatoms. The lowest BCUT2D eigenvalue weighted by Crippen LogP contribution is -2.37. The molecule has 0 aromatic heterocycles. The molecule has 0 aliphatic heterocycles. The number of anilines is 1. The number of amides is 1. The molecule has 1 aromatic rings. The van der Waals surface area contributed by atoms with E-state index in [1.165, 1.54) is 18.4 Å². The van der Waals surface area contributed by atoms with E-state index in [4.69, 9.17) is 10.5 Å². The smallest absolute Gasteiger partial charge is 0.412 e. The zero-order valence-corrected chi connectivity index (χ0v) is 14.0. The van der Waals surface area contributed by atoms with Gasteiger partial charge in [0.05, 0.1) is 0 Å². The van der Waals surface area contributed by atoms with Crippen molar-refractivity contribution in [2.75, 3.05) is 5.32 Å². The maximum atomic E-state index is 11.9. The molecule has 120 valence electrons. The van der Waals surface area contributed by atoms with E-state index in [0.29, 0.717) is 0 Å². The fourth-order valence-corrected chi connectivity index (χ4v) is 3.33. The molecule has 3 rings (SSSR count). The lowest BCUT2D eigenvalue weighted by Gasteiger charge is -2.25. The summed E-state index contributed by atoms with van der Waals surface area (Å²) in [5.41, 5.74) is 9.35. The summed E-state index contributed by atoms with van der Waals surface area (Å²) in [5.74, 6) is 0. The van der Waals surface area contributed by atoms with E-state index in [1.54, 1.807) is 0 Å². The lowest BCUT2D eigenvalue weighted by atomic mass is 9.85. The molecule has 2 aliphatic rings. The van der Waals surface area contributed by atoms with Gasteiger partial charge in [-0.2, -0.15) is 0 Å². The van der Waals surface area contributed by atoms with E-state index in [-0.39, 0.29) is 11.0 Å². The molecule has 2 saturated carbocycles. The first kappa shape index (κ1) is 15.3. The van der Waals surface area contributed by atoms with Crippen LogP contribution in [0.3, 0.4) is 0 Å². The first-order valence-corrected chi connectivity index (χ1v) is 8.05. The van der Waals surface area contributed by atoms with Crippen LogP contribution in [0.2, 0.25) is 0 Å². The van der Waals surface area contributed by atoms with E-state index in [1.807, 2.05) is 33.8 Å². The van der Waals surface area contributed by atoms with Crippen molar-refractivity contribution in [2.45, 2.75) is 69.9 Å². The van der Waals surface area contributed by atoms with Crippen molar-refractivity contribution in [3.05, 3.63) is 29.3 Å². The Balaban J connectivity index is 1.75. The molecule has 1 amide bonds. The Bertz CT molecular complexity index is 608. The Labute approximate surface area is 132 Å². The van der Waals surface area contributed by atoms with Crippen LogP contribution in [0.4, 0.5) is 10.5 Å². The Hall–Kier alpha value is -1.55. The van der Waals surface area contributed by atoms with Crippen molar-refractivity contribution >= 4 is 11.8 Å². The maximum Gasteiger partial charge on any atom is 0.412 e. The highest BCUT2D eigenvalue weighted by Crippen LogP contribution is 2.63. The Kier molecular flexibility index (Phi) is 3.29. The summed E-state index contributed by atoms with van der Waals surface area (Å²) in [6.45, 7) is 7.59. The normalized spacial score (nSPS) is 21.1. The van der Waals surface area contributed by atoms with Gasteiger partial charge in [0.25, 0.3) is 0 Å². The highest BCUT2D eigenvalue weighted by Gasteiger charge is 2.63. The second-order valence-corrected chi connectivity index (χ2v) is 7.89. The lowest BCUT2D eigenvalue weighted by molar-refractivity contribution is 0.0636. The predicted octanol–water partition coefficient (Wildman–Crippen LogP) is 3.86. The van der Waals surface area contributed by atoms with Crippen LogP contribution in [0.15, 0.2) is 18.2 Å². The third kappa shape index (κ3) is 2.72. The highest BCUT2D eigenvalue weighted by molar-refractivity contribution is 5.86. The number of hydrogen-bond acceptors (Lipinski definition) is 3. The molecule has 0 unspecified atom stereocenters. The monoisotopic (exact) mass is 302 g/mol. The first-order valence-electron chi connectivity index (χ1n) is 8.05. The van der Waals surface area contributed by atoms with Crippen LogP contribution < -0.4 is 11.1 Å². The summed E-state index contributed by atoms with van der Waals surface area (Å²) in [6, 6.07) is 6.26.